The number of hydrogen-bond acceptors (Lipinski definition) is 4. The van der Waals surface area contributed by atoms with Crippen LogP contribution >= 0.6 is 0 Å². The summed E-state index contributed by atoms with van der Waals surface area (Å²) in [7, 11) is 0. The molecule has 1 N–H and O–H groups in total. The van der Waals surface area contributed by atoms with Gasteiger partial charge in [0.05, 0.1) is 24.2 Å². The maximum atomic E-state index is 12.9. The van der Waals surface area contributed by atoms with Crippen molar-refractivity contribution < 1.29 is 14.3 Å². The zero-order valence-electron chi connectivity index (χ0n) is 15.6. The minimum Gasteiger partial charge on any atom is -0.491 e. The molecule has 1 aromatic heterocycles. The number of nitrogens with one attached hydrogen (secondary N) is 1. The largest absolute Gasteiger partial charge is 0.491 e. The van der Waals surface area contributed by atoms with Gasteiger partial charge in [0.25, 0.3) is 5.91 Å². The standard InChI is InChI=1S/C22H21N3O3/c1-3-16-5-4-6-18(11-16)28-14-19-13-25(9-10-27-19)22(26)17-7-8-20-21(12-17)24-15(2)23-20/h1,4-8,11-12,19H,9-10,13-14H2,2H3,(H,23,24). The Bertz CT molecular complexity index is 1050. The van der Waals surface area contributed by atoms with Gasteiger partial charge in [0.15, 0.2) is 0 Å². The average molecular weight is 375 g/mol. The molecular weight excluding hydrogens is 354 g/mol. The first-order valence-corrected chi connectivity index (χ1v) is 9.19. The highest BCUT2D eigenvalue weighted by Gasteiger charge is 2.26. The first kappa shape index (κ1) is 18.1. The molecule has 1 amide bonds. The molecule has 0 bridgehead atoms. The van der Waals surface area contributed by atoms with E-state index < -0.39 is 0 Å². The van der Waals surface area contributed by atoms with Crippen LogP contribution in [0, 0.1) is 19.3 Å². The topological polar surface area (TPSA) is 67.5 Å². The molecule has 0 radical (unpaired) electrons. The Labute approximate surface area is 163 Å². The van der Waals surface area contributed by atoms with Gasteiger partial charge in [-0.25, -0.2) is 4.98 Å². The molecule has 2 aromatic carbocycles. The number of nitrogens with zero attached hydrogens (tertiary/aromatic N) is 2. The number of morpholine rings is 1. The molecule has 1 fully saturated rings. The second-order valence-electron chi connectivity index (χ2n) is 6.78. The number of carbonyl (C=O) groups excluding carboxylic acids is 1. The highest BCUT2D eigenvalue weighted by atomic mass is 16.5. The molecule has 1 unspecified atom stereocenters. The number of hydrogen-bond donors (Lipinski definition) is 1. The summed E-state index contributed by atoms with van der Waals surface area (Å²) in [5.74, 6) is 4.10. The third-order valence-electron chi connectivity index (χ3n) is 4.71. The van der Waals surface area contributed by atoms with Crippen molar-refractivity contribution in [1.29, 1.82) is 0 Å². The number of H-pyrrole nitrogens is 1. The number of amides is 1. The predicted molar refractivity (Wildman–Crippen MR) is 106 cm³/mol. The van der Waals surface area contributed by atoms with Crippen molar-refractivity contribution in [3.8, 4) is 18.1 Å². The van der Waals surface area contributed by atoms with Gasteiger partial charge >= 0.3 is 0 Å². The SMILES string of the molecule is C#Cc1cccc(OCC2CN(C(=O)c3ccc4nc(C)[nH]c4c3)CCO2)c1. The van der Waals surface area contributed by atoms with Gasteiger partial charge < -0.3 is 19.4 Å². The van der Waals surface area contributed by atoms with Crippen molar-refractivity contribution >= 4 is 16.9 Å². The first-order chi connectivity index (χ1) is 13.6. The van der Waals surface area contributed by atoms with E-state index in [9.17, 15) is 4.79 Å². The maximum Gasteiger partial charge on any atom is 0.254 e. The van der Waals surface area contributed by atoms with E-state index in [0.717, 1.165) is 22.4 Å². The fourth-order valence-corrected chi connectivity index (χ4v) is 3.32. The number of aromatic nitrogens is 2. The molecule has 0 saturated carbocycles. The van der Waals surface area contributed by atoms with E-state index in [4.69, 9.17) is 15.9 Å². The summed E-state index contributed by atoms with van der Waals surface area (Å²) in [5, 5.41) is 0. The van der Waals surface area contributed by atoms with Gasteiger partial charge in [0.2, 0.25) is 0 Å². The number of ether oxygens (including phenoxy) is 2. The van der Waals surface area contributed by atoms with E-state index in [1.807, 2.05) is 49.4 Å². The number of imidazole rings is 1. The summed E-state index contributed by atoms with van der Waals surface area (Å²) < 4.78 is 11.6. The van der Waals surface area contributed by atoms with Crippen LogP contribution in [0.2, 0.25) is 0 Å². The number of fused-ring (bicyclic) bond motifs is 1. The maximum absolute atomic E-state index is 12.9. The minimum atomic E-state index is -0.190. The van der Waals surface area contributed by atoms with Gasteiger partial charge in [-0.2, -0.15) is 0 Å². The molecule has 2 heterocycles. The van der Waals surface area contributed by atoms with Crippen LogP contribution in [0.25, 0.3) is 11.0 Å². The summed E-state index contributed by atoms with van der Waals surface area (Å²) in [6.45, 7) is 3.77. The minimum absolute atomic E-state index is 0.0169. The molecule has 142 valence electrons. The monoisotopic (exact) mass is 375 g/mol. The Morgan fingerprint density at radius 1 is 1.39 bits per heavy atom. The van der Waals surface area contributed by atoms with E-state index in [1.54, 1.807) is 4.90 Å². The summed E-state index contributed by atoms with van der Waals surface area (Å²) in [5.41, 5.74) is 3.13. The number of aromatic amines is 1. The van der Waals surface area contributed by atoms with Crippen LogP contribution < -0.4 is 4.74 Å². The summed E-state index contributed by atoms with van der Waals surface area (Å²) in [6, 6.07) is 12.9. The molecule has 6 nitrogen and oxygen atoms in total. The molecule has 0 spiro atoms. The van der Waals surface area contributed by atoms with Gasteiger partial charge in [0, 0.05) is 17.7 Å². The average Bonchev–Trinajstić information content (AvgIpc) is 3.11. The smallest absolute Gasteiger partial charge is 0.254 e. The molecule has 6 heteroatoms. The van der Waals surface area contributed by atoms with Crippen molar-refractivity contribution in [2.75, 3.05) is 26.3 Å². The van der Waals surface area contributed by atoms with E-state index in [2.05, 4.69) is 15.9 Å². The van der Waals surface area contributed by atoms with Crippen molar-refractivity contribution in [3.05, 3.63) is 59.4 Å². The van der Waals surface area contributed by atoms with Crippen LogP contribution in [0.4, 0.5) is 0 Å². The Morgan fingerprint density at radius 3 is 3.14 bits per heavy atom. The lowest BCUT2D eigenvalue weighted by Gasteiger charge is -2.33. The van der Waals surface area contributed by atoms with Gasteiger partial charge in [-0.05, 0) is 43.3 Å². The van der Waals surface area contributed by atoms with Crippen molar-refractivity contribution in [2.45, 2.75) is 13.0 Å². The summed E-state index contributed by atoms with van der Waals surface area (Å²) in [6.07, 6.45) is 5.23. The molecule has 1 aliphatic heterocycles. The van der Waals surface area contributed by atoms with Crippen molar-refractivity contribution in [1.82, 2.24) is 14.9 Å². The molecule has 1 atom stereocenters. The normalized spacial score (nSPS) is 16.7. The lowest BCUT2D eigenvalue weighted by Crippen LogP contribution is -2.47. The summed E-state index contributed by atoms with van der Waals surface area (Å²) >= 11 is 0. The molecular formula is C22H21N3O3. The fourth-order valence-electron chi connectivity index (χ4n) is 3.32. The van der Waals surface area contributed by atoms with Gasteiger partial charge in [0.1, 0.15) is 24.3 Å². The van der Waals surface area contributed by atoms with Crippen LogP contribution in [0.5, 0.6) is 5.75 Å². The van der Waals surface area contributed by atoms with E-state index in [-0.39, 0.29) is 12.0 Å². The molecule has 0 aliphatic carbocycles. The number of benzene rings is 2. The van der Waals surface area contributed by atoms with Gasteiger partial charge in [-0.15, -0.1) is 6.42 Å². The third kappa shape index (κ3) is 3.85. The van der Waals surface area contributed by atoms with E-state index in [1.165, 1.54) is 0 Å². The molecule has 28 heavy (non-hydrogen) atoms. The lowest BCUT2D eigenvalue weighted by molar-refractivity contribution is -0.0401. The third-order valence-corrected chi connectivity index (χ3v) is 4.71. The molecule has 1 saturated heterocycles. The Kier molecular flexibility index (Phi) is 5.00. The molecule has 4 rings (SSSR count). The van der Waals surface area contributed by atoms with Crippen LogP contribution in [0.1, 0.15) is 21.7 Å². The Balaban J connectivity index is 1.40. The van der Waals surface area contributed by atoms with E-state index >= 15 is 0 Å². The van der Waals surface area contributed by atoms with Crippen molar-refractivity contribution in [2.24, 2.45) is 0 Å². The zero-order chi connectivity index (χ0) is 19.5. The Hall–Kier alpha value is -3.30. The van der Waals surface area contributed by atoms with Gasteiger partial charge in [-0.1, -0.05) is 12.0 Å². The molecule has 3 aromatic rings. The van der Waals surface area contributed by atoms with Crippen LogP contribution in [0.15, 0.2) is 42.5 Å². The second-order valence-corrected chi connectivity index (χ2v) is 6.78. The van der Waals surface area contributed by atoms with E-state index in [0.29, 0.717) is 37.6 Å². The fraction of sp³-hybridized carbons (Fsp3) is 0.273. The number of terminal acetylenes is 1. The van der Waals surface area contributed by atoms with Crippen molar-refractivity contribution in [3.63, 3.8) is 0 Å². The van der Waals surface area contributed by atoms with Crippen LogP contribution in [-0.2, 0) is 4.74 Å². The highest BCUT2D eigenvalue weighted by Crippen LogP contribution is 2.18. The number of aryl methyl sites for hydroxylation is 1. The van der Waals surface area contributed by atoms with Gasteiger partial charge in [-0.3, -0.25) is 4.79 Å². The number of carbonyl (C=O) groups is 1. The predicted octanol–water partition coefficient (Wildman–Crippen LogP) is 2.77. The molecule has 1 aliphatic rings. The second kappa shape index (κ2) is 7.75. The first-order valence-electron chi connectivity index (χ1n) is 9.19. The Morgan fingerprint density at radius 2 is 2.29 bits per heavy atom. The zero-order valence-corrected chi connectivity index (χ0v) is 15.6. The lowest BCUT2D eigenvalue weighted by atomic mass is 10.1. The summed E-state index contributed by atoms with van der Waals surface area (Å²) in [4.78, 5) is 22.3. The quantitative estimate of drug-likeness (QED) is 0.712. The highest BCUT2D eigenvalue weighted by molar-refractivity contribution is 5.97. The van der Waals surface area contributed by atoms with Crippen LogP contribution in [0.3, 0.4) is 0 Å². The number of rotatable bonds is 4. The van der Waals surface area contributed by atoms with Crippen LogP contribution in [-0.4, -0.2) is 53.2 Å².